The zero-order valence-electron chi connectivity index (χ0n) is 20.5. The fraction of sp³-hybridized carbons (Fsp3) is 0.161. The molecule has 4 aromatic rings. The quantitative estimate of drug-likeness (QED) is 0.221. The zero-order valence-corrected chi connectivity index (χ0v) is 21.5. The van der Waals surface area contributed by atoms with Gasteiger partial charge in [0.2, 0.25) is 0 Å². The highest BCUT2D eigenvalue weighted by atomic mass is 28.3. The smallest absolute Gasteiger partial charge is 0.177 e. The summed E-state index contributed by atoms with van der Waals surface area (Å²) in [6.07, 6.45) is 0. The van der Waals surface area contributed by atoms with Crippen LogP contribution >= 0.6 is 0 Å². The minimum atomic E-state index is -2.29. The van der Waals surface area contributed by atoms with E-state index in [1.807, 2.05) is 12.1 Å². The molecule has 1 heterocycles. The highest BCUT2D eigenvalue weighted by Crippen LogP contribution is 2.51. The third-order valence-corrected chi connectivity index (χ3v) is 10.8. The molecule has 4 aromatic carbocycles. The molecule has 0 aromatic heterocycles. The van der Waals surface area contributed by atoms with E-state index in [1.165, 1.54) is 27.7 Å². The lowest BCUT2D eigenvalue weighted by molar-refractivity contribution is 0.632. The fourth-order valence-electron chi connectivity index (χ4n) is 5.37. The van der Waals surface area contributed by atoms with Gasteiger partial charge in [-0.15, -0.1) is 0 Å². The summed E-state index contributed by atoms with van der Waals surface area (Å²) in [7, 11) is -2.29. The first-order valence-electron chi connectivity index (χ1n) is 11.8. The van der Waals surface area contributed by atoms with Crippen molar-refractivity contribution in [2.45, 2.75) is 32.4 Å². The van der Waals surface area contributed by atoms with Gasteiger partial charge in [0.25, 0.3) is 0 Å². The predicted octanol–water partition coefficient (Wildman–Crippen LogP) is 7.72. The molecule has 1 aliphatic heterocycles. The molecule has 5 rings (SSSR count). The molecule has 0 radical (unpaired) electrons. The van der Waals surface area contributed by atoms with Crippen LogP contribution in [-0.2, 0) is 5.41 Å². The Labute approximate surface area is 208 Å². The van der Waals surface area contributed by atoms with Crippen LogP contribution in [0.4, 0.5) is 28.4 Å². The molecule has 0 bridgehead atoms. The summed E-state index contributed by atoms with van der Waals surface area (Å²) in [5, 5.41) is 2.38. The maximum atomic E-state index is 7.55. The van der Waals surface area contributed by atoms with E-state index >= 15 is 0 Å². The van der Waals surface area contributed by atoms with Crippen LogP contribution in [0.1, 0.15) is 25.0 Å². The molecule has 0 unspecified atom stereocenters. The maximum absolute atomic E-state index is 7.55. The van der Waals surface area contributed by atoms with E-state index in [1.54, 1.807) is 6.07 Å². The predicted molar refractivity (Wildman–Crippen MR) is 149 cm³/mol. The molecule has 35 heavy (non-hydrogen) atoms. The molecule has 0 fully saturated rings. The molecule has 3 nitrogen and oxygen atoms in total. The SMILES string of the molecule is [C-]#[N+]c1cc([N+]#[C-])cc([Si](C)(C)c2ccccc2N2c3ccccc3C(C)(C)c3ccccc32)c1. The van der Waals surface area contributed by atoms with Gasteiger partial charge in [-0.3, -0.25) is 0 Å². The second kappa shape index (κ2) is 8.27. The Kier molecular flexibility index (Phi) is 5.36. The lowest BCUT2D eigenvalue weighted by Gasteiger charge is -2.43. The lowest BCUT2D eigenvalue weighted by atomic mass is 9.73. The molecule has 0 aliphatic carbocycles. The van der Waals surface area contributed by atoms with Gasteiger partial charge in [0.1, 0.15) is 8.07 Å². The number of para-hydroxylation sites is 3. The lowest BCUT2D eigenvalue weighted by Crippen LogP contribution is -2.54. The van der Waals surface area contributed by atoms with Gasteiger partial charge in [-0.25, -0.2) is 9.69 Å². The van der Waals surface area contributed by atoms with Gasteiger partial charge in [0.05, 0.1) is 24.5 Å². The van der Waals surface area contributed by atoms with Gasteiger partial charge in [-0.05, 0) is 34.5 Å². The van der Waals surface area contributed by atoms with Crippen LogP contribution in [0.25, 0.3) is 9.69 Å². The van der Waals surface area contributed by atoms with Crippen LogP contribution in [-0.4, -0.2) is 8.07 Å². The van der Waals surface area contributed by atoms with Crippen molar-refractivity contribution in [2.75, 3.05) is 4.90 Å². The minimum Gasteiger partial charge on any atom is -0.310 e. The van der Waals surface area contributed by atoms with E-state index in [9.17, 15) is 0 Å². The van der Waals surface area contributed by atoms with E-state index in [0.717, 1.165) is 10.9 Å². The highest BCUT2D eigenvalue weighted by Gasteiger charge is 2.38. The van der Waals surface area contributed by atoms with Crippen molar-refractivity contribution in [2.24, 2.45) is 0 Å². The molecular weight excluding hydrogens is 442 g/mol. The van der Waals surface area contributed by atoms with Crippen LogP contribution < -0.4 is 15.3 Å². The average molecular weight is 470 g/mol. The van der Waals surface area contributed by atoms with Crippen LogP contribution in [0, 0.1) is 13.1 Å². The van der Waals surface area contributed by atoms with E-state index in [0.29, 0.717) is 11.4 Å². The summed E-state index contributed by atoms with van der Waals surface area (Å²) >= 11 is 0. The van der Waals surface area contributed by atoms with E-state index < -0.39 is 8.07 Å². The number of fused-ring (bicyclic) bond motifs is 2. The number of benzene rings is 4. The number of anilines is 3. The van der Waals surface area contributed by atoms with Crippen molar-refractivity contribution >= 4 is 46.9 Å². The van der Waals surface area contributed by atoms with Crippen molar-refractivity contribution in [1.29, 1.82) is 0 Å². The standard InChI is InChI=1S/C31H27N3Si/c1-31(2)25-13-7-9-15-27(25)34(28-16-10-8-14-26(28)31)29-17-11-12-18-30(29)35(5,6)24-20-22(32-3)19-23(21-24)33-4/h7-21H,1-2,5-6H3. The molecule has 0 saturated carbocycles. The Morgan fingerprint density at radius 2 is 1.11 bits per heavy atom. The third-order valence-electron chi connectivity index (χ3n) is 7.34. The van der Waals surface area contributed by atoms with Gasteiger partial charge in [-0.2, -0.15) is 0 Å². The van der Waals surface area contributed by atoms with E-state index in [4.69, 9.17) is 13.1 Å². The first-order valence-corrected chi connectivity index (χ1v) is 14.8. The topological polar surface area (TPSA) is 12.0 Å². The molecule has 0 atom stereocenters. The number of hydrogen-bond acceptors (Lipinski definition) is 1. The van der Waals surface area contributed by atoms with Crippen molar-refractivity contribution in [3.8, 4) is 0 Å². The first-order chi connectivity index (χ1) is 16.8. The second-order valence-corrected chi connectivity index (χ2v) is 14.5. The summed E-state index contributed by atoms with van der Waals surface area (Å²) in [6.45, 7) is 24.3. The summed E-state index contributed by atoms with van der Waals surface area (Å²) < 4.78 is 0. The number of hydrogen-bond donors (Lipinski definition) is 0. The maximum Gasteiger partial charge on any atom is 0.177 e. The van der Waals surface area contributed by atoms with E-state index in [2.05, 4.69) is 114 Å². The summed E-state index contributed by atoms with van der Waals surface area (Å²) in [5.74, 6) is 0. The van der Waals surface area contributed by atoms with Gasteiger partial charge in [-0.1, -0.05) is 105 Å². The van der Waals surface area contributed by atoms with Crippen molar-refractivity contribution in [3.63, 3.8) is 0 Å². The van der Waals surface area contributed by atoms with E-state index in [-0.39, 0.29) is 5.41 Å². The molecule has 0 amide bonds. The molecule has 4 heteroatoms. The summed E-state index contributed by atoms with van der Waals surface area (Å²) in [4.78, 5) is 9.72. The molecule has 0 spiro atoms. The first kappa shape index (κ1) is 22.7. The van der Waals surface area contributed by atoms with Crippen molar-refractivity contribution < 1.29 is 0 Å². The Balaban J connectivity index is 1.78. The average Bonchev–Trinajstić information content (AvgIpc) is 2.89. The largest absolute Gasteiger partial charge is 0.310 e. The minimum absolute atomic E-state index is 0.111. The molecule has 0 N–H and O–H groups in total. The van der Waals surface area contributed by atoms with Gasteiger partial charge < -0.3 is 4.90 Å². The molecular formula is C31H27N3Si. The Morgan fingerprint density at radius 3 is 1.63 bits per heavy atom. The van der Waals surface area contributed by atoms with Crippen molar-refractivity contribution in [3.05, 3.63) is 125 Å². The number of rotatable bonds is 3. The summed E-state index contributed by atoms with van der Waals surface area (Å²) in [6, 6.07) is 31.7. The molecule has 170 valence electrons. The van der Waals surface area contributed by atoms with Crippen molar-refractivity contribution in [1.82, 2.24) is 0 Å². The summed E-state index contributed by atoms with van der Waals surface area (Å²) in [5.41, 5.74) is 7.12. The Bertz CT molecular complexity index is 1450. The van der Waals surface area contributed by atoms with Crippen LogP contribution in [0.15, 0.2) is 91.0 Å². The van der Waals surface area contributed by atoms with Gasteiger partial charge in [0, 0.05) is 11.1 Å². The number of nitrogens with zero attached hydrogens (tertiary/aromatic N) is 3. The molecule has 1 aliphatic rings. The van der Waals surface area contributed by atoms with Gasteiger partial charge in [0.15, 0.2) is 11.4 Å². The molecule has 0 saturated heterocycles. The Hall–Kier alpha value is -4.12. The second-order valence-electron chi connectivity index (χ2n) is 10.1. The monoisotopic (exact) mass is 469 g/mol. The van der Waals surface area contributed by atoms with Crippen LogP contribution in [0.2, 0.25) is 13.1 Å². The van der Waals surface area contributed by atoms with Crippen LogP contribution in [0.5, 0.6) is 0 Å². The van der Waals surface area contributed by atoms with Crippen LogP contribution in [0.3, 0.4) is 0 Å². The highest BCUT2D eigenvalue weighted by molar-refractivity contribution is 7.01. The normalized spacial score (nSPS) is 13.8. The zero-order chi connectivity index (χ0) is 24.8. The Morgan fingerprint density at radius 1 is 0.657 bits per heavy atom. The van der Waals surface area contributed by atoms with Gasteiger partial charge >= 0.3 is 0 Å². The third kappa shape index (κ3) is 3.55. The fourth-order valence-corrected chi connectivity index (χ4v) is 8.04.